The first kappa shape index (κ1) is 17.5. The molecule has 1 saturated heterocycles. The molecule has 1 aliphatic rings. The van der Waals surface area contributed by atoms with Crippen LogP contribution in [-0.4, -0.2) is 56.7 Å². The van der Waals surface area contributed by atoms with Crippen LogP contribution in [0.15, 0.2) is 59.5 Å². The standard InChI is InChI=1S/C20H22N6O/c21-16-18(17-6-2-1-3-7-17)24-13-10-23(11-14-24)12-15-26-20(27)25-9-5-4-8-19(25)22-26/h1-9,18H,10-15H2/t18-/m1/s1. The molecule has 0 radical (unpaired) electrons. The van der Waals surface area contributed by atoms with E-state index in [2.05, 4.69) is 21.0 Å². The van der Waals surface area contributed by atoms with Crippen LogP contribution in [0, 0.1) is 11.3 Å². The summed E-state index contributed by atoms with van der Waals surface area (Å²) in [7, 11) is 0. The molecule has 0 spiro atoms. The van der Waals surface area contributed by atoms with Crippen LogP contribution in [0.25, 0.3) is 5.65 Å². The first-order chi connectivity index (χ1) is 13.3. The maximum atomic E-state index is 12.3. The highest BCUT2D eigenvalue weighted by Crippen LogP contribution is 2.21. The molecule has 27 heavy (non-hydrogen) atoms. The van der Waals surface area contributed by atoms with Gasteiger partial charge in [0.05, 0.1) is 12.6 Å². The molecule has 1 fully saturated rings. The summed E-state index contributed by atoms with van der Waals surface area (Å²) in [5.41, 5.74) is 1.62. The van der Waals surface area contributed by atoms with Crippen molar-refractivity contribution in [1.82, 2.24) is 24.0 Å². The van der Waals surface area contributed by atoms with Crippen LogP contribution in [0.3, 0.4) is 0 Å². The van der Waals surface area contributed by atoms with Crippen LogP contribution in [0.2, 0.25) is 0 Å². The van der Waals surface area contributed by atoms with Crippen LogP contribution in [0.5, 0.6) is 0 Å². The zero-order chi connectivity index (χ0) is 18.6. The molecule has 0 saturated carbocycles. The fraction of sp³-hybridized carbons (Fsp3) is 0.350. The average Bonchev–Trinajstić information content (AvgIpc) is 3.05. The Morgan fingerprint density at radius 3 is 2.44 bits per heavy atom. The number of pyridine rings is 1. The highest BCUT2D eigenvalue weighted by Gasteiger charge is 2.24. The molecule has 7 heteroatoms. The Morgan fingerprint density at radius 2 is 1.74 bits per heavy atom. The monoisotopic (exact) mass is 362 g/mol. The molecule has 0 amide bonds. The maximum Gasteiger partial charge on any atom is 0.350 e. The van der Waals surface area contributed by atoms with E-state index in [-0.39, 0.29) is 11.7 Å². The first-order valence-electron chi connectivity index (χ1n) is 9.21. The first-order valence-corrected chi connectivity index (χ1v) is 9.21. The Labute approximate surface area is 157 Å². The lowest BCUT2D eigenvalue weighted by atomic mass is 10.1. The van der Waals surface area contributed by atoms with Gasteiger partial charge in [0.2, 0.25) is 0 Å². The topological polar surface area (TPSA) is 69.6 Å². The van der Waals surface area contributed by atoms with Gasteiger partial charge in [0.15, 0.2) is 5.65 Å². The summed E-state index contributed by atoms with van der Waals surface area (Å²) in [4.78, 5) is 16.9. The van der Waals surface area contributed by atoms with Gasteiger partial charge in [-0.25, -0.2) is 9.48 Å². The van der Waals surface area contributed by atoms with E-state index in [9.17, 15) is 10.1 Å². The number of nitriles is 1. The van der Waals surface area contributed by atoms with Gasteiger partial charge in [-0.05, 0) is 17.7 Å². The van der Waals surface area contributed by atoms with Crippen molar-refractivity contribution in [2.24, 2.45) is 0 Å². The number of aromatic nitrogens is 3. The van der Waals surface area contributed by atoms with E-state index in [4.69, 9.17) is 0 Å². The van der Waals surface area contributed by atoms with Gasteiger partial charge in [-0.1, -0.05) is 36.4 Å². The second-order valence-electron chi connectivity index (χ2n) is 6.75. The fourth-order valence-electron chi connectivity index (χ4n) is 3.60. The van der Waals surface area contributed by atoms with Crippen molar-refractivity contribution >= 4 is 5.65 Å². The number of fused-ring (bicyclic) bond motifs is 1. The summed E-state index contributed by atoms with van der Waals surface area (Å²) in [5.74, 6) is 0. The zero-order valence-corrected chi connectivity index (χ0v) is 15.1. The van der Waals surface area contributed by atoms with E-state index in [1.54, 1.807) is 10.6 Å². The van der Waals surface area contributed by atoms with E-state index in [1.165, 1.54) is 4.68 Å². The van der Waals surface area contributed by atoms with Gasteiger partial charge in [-0.3, -0.25) is 14.2 Å². The highest BCUT2D eigenvalue weighted by atomic mass is 16.2. The lowest BCUT2D eigenvalue weighted by molar-refractivity contribution is 0.110. The second-order valence-corrected chi connectivity index (χ2v) is 6.75. The molecule has 7 nitrogen and oxygen atoms in total. The van der Waals surface area contributed by atoms with Crippen molar-refractivity contribution in [3.63, 3.8) is 0 Å². The lowest BCUT2D eigenvalue weighted by Gasteiger charge is -2.36. The van der Waals surface area contributed by atoms with Gasteiger partial charge < -0.3 is 0 Å². The largest absolute Gasteiger partial charge is 0.350 e. The molecule has 1 aliphatic heterocycles. The zero-order valence-electron chi connectivity index (χ0n) is 15.1. The number of hydrogen-bond acceptors (Lipinski definition) is 5. The predicted molar refractivity (Wildman–Crippen MR) is 102 cm³/mol. The van der Waals surface area contributed by atoms with Crippen LogP contribution >= 0.6 is 0 Å². The summed E-state index contributed by atoms with van der Waals surface area (Å²) < 4.78 is 3.10. The Balaban J connectivity index is 1.35. The molecule has 0 unspecified atom stereocenters. The van der Waals surface area contributed by atoms with Crippen molar-refractivity contribution in [1.29, 1.82) is 5.26 Å². The molecule has 3 heterocycles. The quantitative estimate of drug-likeness (QED) is 0.686. The molecular formula is C20H22N6O. The number of nitrogens with zero attached hydrogens (tertiary/aromatic N) is 6. The van der Waals surface area contributed by atoms with Crippen molar-refractivity contribution in [2.45, 2.75) is 12.6 Å². The van der Waals surface area contributed by atoms with Gasteiger partial charge in [0.25, 0.3) is 0 Å². The molecule has 138 valence electrons. The molecule has 0 aliphatic carbocycles. The second kappa shape index (κ2) is 7.74. The highest BCUT2D eigenvalue weighted by molar-refractivity contribution is 5.35. The molecule has 2 aromatic heterocycles. The van der Waals surface area contributed by atoms with Gasteiger partial charge in [0.1, 0.15) is 6.04 Å². The third-order valence-electron chi connectivity index (χ3n) is 5.13. The number of hydrogen-bond donors (Lipinski definition) is 0. The SMILES string of the molecule is N#C[C@H](c1ccccc1)N1CCN(CCn2nc3ccccn3c2=O)CC1. The van der Waals surface area contributed by atoms with Crippen molar-refractivity contribution < 1.29 is 0 Å². The molecule has 1 aromatic carbocycles. The fourth-order valence-corrected chi connectivity index (χ4v) is 3.60. The van der Waals surface area contributed by atoms with E-state index in [0.717, 1.165) is 38.3 Å². The van der Waals surface area contributed by atoms with E-state index in [0.29, 0.717) is 12.2 Å². The summed E-state index contributed by atoms with van der Waals surface area (Å²) >= 11 is 0. The summed E-state index contributed by atoms with van der Waals surface area (Å²) in [5, 5.41) is 14.0. The minimum absolute atomic E-state index is 0.0992. The van der Waals surface area contributed by atoms with E-state index < -0.39 is 0 Å². The summed E-state index contributed by atoms with van der Waals surface area (Å²) in [6.07, 6.45) is 1.74. The number of benzene rings is 1. The van der Waals surface area contributed by atoms with Crippen molar-refractivity contribution in [2.75, 3.05) is 32.7 Å². The molecule has 4 rings (SSSR count). The van der Waals surface area contributed by atoms with E-state index in [1.807, 2.05) is 48.5 Å². The predicted octanol–water partition coefficient (Wildman–Crippen LogP) is 1.38. The normalized spacial score (nSPS) is 17.0. The Bertz CT molecular complexity index is 994. The van der Waals surface area contributed by atoms with Gasteiger partial charge >= 0.3 is 5.69 Å². The van der Waals surface area contributed by atoms with E-state index >= 15 is 0 Å². The smallest absolute Gasteiger partial charge is 0.299 e. The maximum absolute atomic E-state index is 12.3. The Hall–Kier alpha value is -2.95. The third kappa shape index (κ3) is 3.63. The van der Waals surface area contributed by atoms with Crippen LogP contribution < -0.4 is 5.69 Å². The minimum atomic E-state index is -0.200. The number of piperazine rings is 1. The Kier molecular flexibility index (Phi) is 5.01. The van der Waals surface area contributed by atoms with Crippen molar-refractivity contribution in [3.8, 4) is 6.07 Å². The minimum Gasteiger partial charge on any atom is -0.299 e. The van der Waals surface area contributed by atoms with Crippen molar-refractivity contribution in [3.05, 3.63) is 70.8 Å². The molecule has 0 bridgehead atoms. The van der Waals surface area contributed by atoms with Gasteiger partial charge in [-0.15, -0.1) is 5.10 Å². The Morgan fingerprint density at radius 1 is 1.00 bits per heavy atom. The third-order valence-corrected chi connectivity index (χ3v) is 5.13. The molecule has 1 atom stereocenters. The van der Waals surface area contributed by atoms with Crippen LogP contribution in [0.1, 0.15) is 11.6 Å². The summed E-state index contributed by atoms with van der Waals surface area (Å²) in [6, 6.07) is 17.7. The molecule has 0 N–H and O–H groups in total. The van der Waals surface area contributed by atoms with Gasteiger partial charge in [0, 0.05) is 38.9 Å². The number of rotatable bonds is 5. The summed E-state index contributed by atoms with van der Waals surface area (Å²) in [6.45, 7) is 4.79. The van der Waals surface area contributed by atoms with Crippen LogP contribution in [-0.2, 0) is 6.54 Å². The lowest BCUT2D eigenvalue weighted by Crippen LogP contribution is -2.48. The molecule has 3 aromatic rings. The average molecular weight is 362 g/mol. The van der Waals surface area contributed by atoms with Gasteiger partial charge in [-0.2, -0.15) is 5.26 Å². The van der Waals surface area contributed by atoms with Crippen LogP contribution in [0.4, 0.5) is 0 Å². The molecular weight excluding hydrogens is 340 g/mol.